The van der Waals surface area contributed by atoms with Gasteiger partial charge in [-0.1, -0.05) is 0 Å². The number of phosphoric ester groups is 1. The topological polar surface area (TPSA) is 57.7 Å². The van der Waals surface area contributed by atoms with Crippen LogP contribution in [0.1, 0.15) is 0 Å². The quantitative estimate of drug-likeness (QED) is 0.551. The van der Waals surface area contributed by atoms with Gasteiger partial charge in [0.2, 0.25) is 5.75 Å². The van der Waals surface area contributed by atoms with Crippen molar-refractivity contribution in [2.45, 2.75) is 0 Å². The average molecular weight is 171 g/mol. The number of phosphoric acid groups is 1. The second kappa shape index (κ2) is 1.36. The van der Waals surface area contributed by atoms with Gasteiger partial charge in [-0.2, -0.15) is 4.57 Å². The van der Waals surface area contributed by atoms with E-state index in [0.29, 0.717) is 11.5 Å². The molecule has 11 heavy (non-hydrogen) atoms. The summed E-state index contributed by atoms with van der Waals surface area (Å²) in [6, 6.07) is 1.58. The lowest BCUT2D eigenvalue weighted by atomic mass is 10.4. The van der Waals surface area contributed by atoms with Crippen molar-refractivity contribution in [2.24, 2.45) is 0 Å². The van der Waals surface area contributed by atoms with Crippen molar-refractivity contribution >= 4 is 7.82 Å². The van der Waals surface area contributed by atoms with Crippen molar-refractivity contribution in [1.29, 1.82) is 0 Å². The molecule has 0 saturated heterocycles. The Labute approximate surface area is 61.5 Å². The minimum atomic E-state index is -3.31. The largest absolute Gasteiger partial charge is 0.648 e. The summed E-state index contributed by atoms with van der Waals surface area (Å²) in [6.07, 6.45) is 1.51. The third-order valence-corrected chi connectivity index (χ3v) is 2.67. The minimum Gasteiger partial charge on any atom is -0.382 e. The molecule has 0 N–H and O–H groups in total. The third-order valence-electron chi connectivity index (χ3n) is 1.45. The minimum absolute atomic E-state index is 0.261. The van der Waals surface area contributed by atoms with Gasteiger partial charge in [-0.3, -0.25) is 0 Å². The normalized spacial score (nSPS) is 29.1. The van der Waals surface area contributed by atoms with Crippen LogP contribution in [0.2, 0.25) is 0 Å². The molecule has 6 heteroatoms. The molecule has 2 aliphatic rings. The fourth-order valence-electron chi connectivity index (χ4n) is 1.03. The number of aromatic nitrogens is 1. The molecule has 3 rings (SSSR count). The Morgan fingerprint density at radius 2 is 2.27 bits per heavy atom. The number of hydrogen-bond donors (Lipinski definition) is 0. The van der Waals surface area contributed by atoms with Crippen molar-refractivity contribution in [3.8, 4) is 17.4 Å². The van der Waals surface area contributed by atoms with E-state index >= 15 is 0 Å². The first-order valence-electron chi connectivity index (χ1n) is 2.95. The highest BCUT2D eigenvalue weighted by Crippen LogP contribution is 2.67. The van der Waals surface area contributed by atoms with E-state index in [2.05, 4.69) is 4.98 Å². The van der Waals surface area contributed by atoms with Crippen LogP contribution in [0.15, 0.2) is 12.3 Å². The Kier molecular flexibility index (Phi) is 0.671. The first-order chi connectivity index (χ1) is 5.27. The van der Waals surface area contributed by atoms with E-state index in [1.807, 2.05) is 0 Å². The molecule has 1 unspecified atom stereocenters. The SMILES string of the molecule is O=P12Oc3ccnc(c3O1)O2. The Hall–Kier alpha value is -1.22. The molecule has 2 aliphatic heterocycles. The fraction of sp³-hybridized carbons (Fsp3) is 0. The van der Waals surface area contributed by atoms with Crippen molar-refractivity contribution in [2.75, 3.05) is 0 Å². The summed E-state index contributed by atoms with van der Waals surface area (Å²) in [4.78, 5) is 3.80. The Morgan fingerprint density at radius 3 is 2.91 bits per heavy atom. The van der Waals surface area contributed by atoms with E-state index in [9.17, 15) is 4.57 Å². The molecule has 0 aliphatic carbocycles. The van der Waals surface area contributed by atoms with Gasteiger partial charge in [0, 0.05) is 12.3 Å². The molecule has 1 aromatic rings. The first-order valence-corrected chi connectivity index (χ1v) is 4.41. The summed E-state index contributed by atoms with van der Waals surface area (Å²) >= 11 is 0. The molecular formula is C5H2NO4P. The molecule has 0 fully saturated rings. The molecule has 5 nitrogen and oxygen atoms in total. The average Bonchev–Trinajstić information content (AvgIpc) is 2.37. The Morgan fingerprint density at radius 1 is 1.36 bits per heavy atom. The van der Waals surface area contributed by atoms with Gasteiger partial charge in [-0.25, -0.2) is 4.98 Å². The van der Waals surface area contributed by atoms with Gasteiger partial charge in [0.1, 0.15) is 0 Å². The van der Waals surface area contributed by atoms with Gasteiger partial charge >= 0.3 is 7.82 Å². The lowest BCUT2D eigenvalue weighted by molar-refractivity contribution is 0.350. The molecule has 3 heterocycles. The fourth-order valence-corrected chi connectivity index (χ4v) is 2.26. The summed E-state index contributed by atoms with van der Waals surface area (Å²) in [5.74, 6) is 1.07. The summed E-state index contributed by atoms with van der Waals surface area (Å²) in [7, 11) is -3.31. The lowest BCUT2D eigenvalue weighted by Gasteiger charge is -2.06. The van der Waals surface area contributed by atoms with Crippen LogP contribution in [0.4, 0.5) is 0 Å². The number of pyridine rings is 1. The number of hydrogen-bond acceptors (Lipinski definition) is 5. The number of nitrogens with zero attached hydrogens (tertiary/aromatic N) is 1. The van der Waals surface area contributed by atoms with E-state index in [1.54, 1.807) is 6.07 Å². The molecular weight excluding hydrogens is 169 g/mol. The molecule has 0 spiro atoms. The standard InChI is InChI=1S/C5H2NO4P/c7-11-8-3-1-2-6-5(10-11)4(3)9-11/h1-2H. The zero-order valence-electron chi connectivity index (χ0n) is 5.18. The smallest absolute Gasteiger partial charge is 0.382 e. The highest BCUT2D eigenvalue weighted by atomic mass is 31.2. The van der Waals surface area contributed by atoms with Crippen molar-refractivity contribution in [3.63, 3.8) is 0 Å². The van der Waals surface area contributed by atoms with E-state index in [1.165, 1.54) is 6.20 Å². The number of rotatable bonds is 0. The molecule has 0 amide bonds. The van der Waals surface area contributed by atoms with Gasteiger partial charge in [0.05, 0.1) is 0 Å². The van der Waals surface area contributed by atoms with Crippen LogP contribution >= 0.6 is 7.82 Å². The summed E-state index contributed by atoms with van der Waals surface area (Å²) in [5, 5.41) is 0. The lowest BCUT2D eigenvalue weighted by Crippen LogP contribution is -1.97. The van der Waals surface area contributed by atoms with Crippen LogP contribution in [0.3, 0.4) is 0 Å². The maximum absolute atomic E-state index is 11.2. The molecule has 0 aromatic carbocycles. The maximum atomic E-state index is 11.2. The van der Waals surface area contributed by atoms with E-state index < -0.39 is 7.82 Å². The first kappa shape index (κ1) is 5.43. The Bertz CT molecular complexity index is 354. The highest BCUT2D eigenvalue weighted by molar-refractivity contribution is 7.50. The van der Waals surface area contributed by atoms with Gasteiger partial charge in [0.25, 0.3) is 5.88 Å². The van der Waals surface area contributed by atoms with E-state index in [4.69, 9.17) is 13.6 Å². The zero-order valence-corrected chi connectivity index (χ0v) is 6.08. The second-order valence-electron chi connectivity index (χ2n) is 2.16. The zero-order chi connectivity index (χ0) is 7.47. The summed E-state index contributed by atoms with van der Waals surface area (Å²) < 4.78 is 25.7. The van der Waals surface area contributed by atoms with Gasteiger partial charge in [-0.15, -0.1) is 0 Å². The van der Waals surface area contributed by atoms with Crippen LogP contribution in [-0.4, -0.2) is 4.98 Å². The van der Waals surface area contributed by atoms with Gasteiger partial charge < -0.3 is 13.6 Å². The van der Waals surface area contributed by atoms with Gasteiger partial charge in [0.15, 0.2) is 5.75 Å². The van der Waals surface area contributed by atoms with Crippen molar-refractivity contribution in [1.82, 2.24) is 4.98 Å². The highest BCUT2D eigenvalue weighted by Gasteiger charge is 2.50. The van der Waals surface area contributed by atoms with E-state index in [0.717, 1.165) is 0 Å². The van der Waals surface area contributed by atoms with Crippen LogP contribution in [-0.2, 0) is 4.57 Å². The molecule has 2 bridgehead atoms. The van der Waals surface area contributed by atoms with Crippen molar-refractivity contribution < 1.29 is 18.1 Å². The molecule has 0 radical (unpaired) electrons. The number of fused-ring (bicyclic) bond motifs is 1. The molecule has 1 atom stereocenters. The monoisotopic (exact) mass is 171 g/mol. The molecule has 1 aromatic heterocycles. The van der Waals surface area contributed by atoms with Crippen molar-refractivity contribution in [3.05, 3.63) is 12.3 Å². The van der Waals surface area contributed by atoms with Crippen LogP contribution in [0, 0.1) is 0 Å². The predicted molar refractivity (Wildman–Crippen MR) is 33.7 cm³/mol. The maximum Gasteiger partial charge on any atom is 0.648 e. The molecule has 56 valence electrons. The third kappa shape index (κ3) is 0.523. The van der Waals surface area contributed by atoms with E-state index in [-0.39, 0.29) is 5.88 Å². The van der Waals surface area contributed by atoms with Crippen LogP contribution in [0.25, 0.3) is 0 Å². The second-order valence-corrected chi connectivity index (χ2v) is 3.61. The Balaban J connectivity index is 2.41. The summed E-state index contributed by atoms with van der Waals surface area (Å²) in [5.41, 5.74) is 0. The predicted octanol–water partition coefficient (Wildman–Crippen LogP) is 1.35. The molecule has 0 saturated carbocycles. The van der Waals surface area contributed by atoms with Gasteiger partial charge in [-0.05, 0) is 0 Å². The van der Waals surface area contributed by atoms with Crippen LogP contribution < -0.4 is 13.6 Å². The summed E-state index contributed by atoms with van der Waals surface area (Å²) in [6.45, 7) is 0. The van der Waals surface area contributed by atoms with Crippen LogP contribution in [0.5, 0.6) is 17.4 Å².